The fourth-order valence-electron chi connectivity index (χ4n) is 2.28. The van der Waals surface area contributed by atoms with Gasteiger partial charge in [0.2, 0.25) is 0 Å². The Hall–Kier alpha value is -2.76. The first-order valence-corrected chi connectivity index (χ1v) is 7.16. The van der Waals surface area contributed by atoms with E-state index in [2.05, 4.69) is 10.1 Å². The second-order valence-electron chi connectivity index (χ2n) is 6.39. The highest BCUT2D eigenvalue weighted by molar-refractivity contribution is 5.87. The third-order valence-corrected chi connectivity index (χ3v) is 3.55. The van der Waals surface area contributed by atoms with Crippen molar-refractivity contribution in [3.05, 3.63) is 53.6 Å². The summed E-state index contributed by atoms with van der Waals surface area (Å²) in [6, 6.07) is 9.07. The normalized spacial score (nSPS) is 11.8. The predicted molar refractivity (Wildman–Crippen MR) is 84.0 cm³/mol. The Bertz CT molecular complexity index is 893. The smallest absolute Gasteiger partial charge is 0.354 e. The maximum absolute atomic E-state index is 13.2. The Labute approximate surface area is 132 Å². The Morgan fingerprint density at radius 2 is 1.83 bits per heavy atom. The van der Waals surface area contributed by atoms with Gasteiger partial charge in [0.15, 0.2) is 11.3 Å². The van der Waals surface area contributed by atoms with Crippen molar-refractivity contribution in [2.24, 2.45) is 0 Å². The molecule has 0 fully saturated rings. The van der Waals surface area contributed by atoms with E-state index in [1.807, 2.05) is 20.8 Å². The summed E-state index contributed by atoms with van der Waals surface area (Å²) in [6.07, 6.45) is 0. The number of carboxylic acids is 1. The topological polar surface area (TPSA) is 67.5 Å². The molecule has 0 aliphatic heterocycles. The van der Waals surface area contributed by atoms with E-state index < -0.39 is 5.97 Å². The Kier molecular flexibility index (Phi) is 3.39. The van der Waals surface area contributed by atoms with Crippen molar-refractivity contribution < 1.29 is 14.3 Å². The monoisotopic (exact) mass is 313 g/mol. The van der Waals surface area contributed by atoms with Gasteiger partial charge in [-0.15, -0.1) is 0 Å². The highest BCUT2D eigenvalue weighted by Crippen LogP contribution is 2.26. The molecule has 3 rings (SSSR count). The molecule has 0 spiro atoms. The van der Waals surface area contributed by atoms with Crippen molar-refractivity contribution in [2.45, 2.75) is 26.2 Å². The first kappa shape index (κ1) is 15.1. The van der Waals surface area contributed by atoms with Gasteiger partial charge in [-0.2, -0.15) is 5.10 Å². The largest absolute Gasteiger partial charge is 0.477 e. The number of hydrogen-bond acceptors (Lipinski definition) is 3. The lowest BCUT2D eigenvalue weighted by Crippen LogP contribution is -2.12. The number of aromatic nitrogens is 3. The molecule has 23 heavy (non-hydrogen) atoms. The highest BCUT2D eigenvalue weighted by Gasteiger charge is 2.21. The number of rotatable bonds is 2. The van der Waals surface area contributed by atoms with Gasteiger partial charge in [-0.1, -0.05) is 20.8 Å². The molecule has 6 heteroatoms. The molecule has 1 aromatic carbocycles. The molecule has 0 unspecified atom stereocenters. The minimum atomic E-state index is -1.12. The first-order chi connectivity index (χ1) is 10.8. The van der Waals surface area contributed by atoms with Gasteiger partial charge in [0.05, 0.1) is 11.4 Å². The molecule has 0 saturated carbocycles. The average molecular weight is 313 g/mol. The van der Waals surface area contributed by atoms with Gasteiger partial charge >= 0.3 is 5.97 Å². The van der Waals surface area contributed by atoms with E-state index in [0.29, 0.717) is 16.9 Å². The molecule has 0 aliphatic rings. The van der Waals surface area contributed by atoms with Crippen LogP contribution in [-0.2, 0) is 5.41 Å². The van der Waals surface area contributed by atoms with Crippen LogP contribution in [0.3, 0.4) is 0 Å². The number of halogens is 1. The second kappa shape index (κ2) is 5.15. The minimum absolute atomic E-state index is 0.0721. The summed E-state index contributed by atoms with van der Waals surface area (Å²) >= 11 is 0. The Morgan fingerprint density at radius 3 is 2.39 bits per heavy atom. The zero-order valence-corrected chi connectivity index (χ0v) is 13.0. The summed E-state index contributed by atoms with van der Waals surface area (Å²) in [7, 11) is 0. The van der Waals surface area contributed by atoms with Crippen molar-refractivity contribution in [2.75, 3.05) is 0 Å². The van der Waals surface area contributed by atoms with Gasteiger partial charge in [0.25, 0.3) is 0 Å². The SMILES string of the molecule is CC(C)(C)c1cc2nc(C(=O)O)cc(-c3ccc(F)cc3)n2n1. The van der Waals surface area contributed by atoms with Gasteiger partial charge in [-0.25, -0.2) is 18.7 Å². The van der Waals surface area contributed by atoms with Gasteiger partial charge in [-0.05, 0) is 30.3 Å². The van der Waals surface area contributed by atoms with E-state index in [4.69, 9.17) is 0 Å². The van der Waals surface area contributed by atoms with Crippen LogP contribution in [-0.4, -0.2) is 25.7 Å². The Balaban J connectivity index is 2.31. The van der Waals surface area contributed by atoms with Crippen LogP contribution in [0, 0.1) is 5.82 Å². The van der Waals surface area contributed by atoms with Crippen molar-refractivity contribution in [3.8, 4) is 11.3 Å². The minimum Gasteiger partial charge on any atom is -0.477 e. The third kappa shape index (κ3) is 2.79. The highest BCUT2D eigenvalue weighted by atomic mass is 19.1. The van der Waals surface area contributed by atoms with E-state index in [0.717, 1.165) is 5.69 Å². The quantitative estimate of drug-likeness (QED) is 0.786. The van der Waals surface area contributed by atoms with E-state index in [-0.39, 0.29) is 16.9 Å². The maximum atomic E-state index is 13.2. The molecule has 2 aromatic heterocycles. The molecular formula is C17H16FN3O2. The summed E-state index contributed by atoms with van der Waals surface area (Å²) in [5, 5.41) is 13.8. The molecule has 5 nitrogen and oxygen atoms in total. The van der Waals surface area contributed by atoms with Crippen LogP contribution in [0.15, 0.2) is 36.4 Å². The van der Waals surface area contributed by atoms with Gasteiger partial charge in [0, 0.05) is 17.0 Å². The number of fused-ring (bicyclic) bond motifs is 1. The fraction of sp³-hybridized carbons (Fsp3) is 0.235. The number of nitrogens with zero attached hydrogens (tertiary/aromatic N) is 3. The van der Waals surface area contributed by atoms with Crippen molar-refractivity contribution in [1.29, 1.82) is 0 Å². The second-order valence-corrected chi connectivity index (χ2v) is 6.39. The number of benzene rings is 1. The Morgan fingerprint density at radius 1 is 1.17 bits per heavy atom. The van der Waals surface area contributed by atoms with Crippen molar-refractivity contribution >= 4 is 11.6 Å². The molecule has 0 saturated heterocycles. The summed E-state index contributed by atoms with van der Waals surface area (Å²) < 4.78 is 14.8. The van der Waals surface area contributed by atoms with Crippen LogP contribution in [0.4, 0.5) is 4.39 Å². The van der Waals surface area contributed by atoms with E-state index >= 15 is 0 Å². The lowest BCUT2D eigenvalue weighted by Gasteiger charge is -2.13. The molecule has 0 atom stereocenters. The van der Waals surface area contributed by atoms with Crippen LogP contribution in [0.2, 0.25) is 0 Å². The molecule has 0 aliphatic carbocycles. The molecule has 0 amide bonds. The summed E-state index contributed by atoms with van der Waals surface area (Å²) in [5.41, 5.74) is 2.21. The molecule has 1 N–H and O–H groups in total. The molecule has 2 heterocycles. The summed E-state index contributed by atoms with van der Waals surface area (Å²) in [5.74, 6) is -1.47. The van der Waals surface area contributed by atoms with E-state index in [1.165, 1.54) is 18.2 Å². The van der Waals surface area contributed by atoms with Crippen LogP contribution in [0.1, 0.15) is 37.0 Å². The predicted octanol–water partition coefficient (Wildman–Crippen LogP) is 3.53. The number of carboxylic acid groups (broad SMARTS) is 1. The van der Waals surface area contributed by atoms with Gasteiger partial charge < -0.3 is 5.11 Å². The average Bonchev–Trinajstić information content (AvgIpc) is 2.91. The maximum Gasteiger partial charge on any atom is 0.354 e. The number of carbonyl (C=O) groups is 1. The molecule has 0 bridgehead atoms. The summed E-state index contributed by atoms with van der Waals surface area (Å²) in [6.45, 7) is 6.05. The van der Waals surface area contributed by atoms with Crippen LogP contribution < -0.4 is 0 Å². The zero-order chi connectivity index (χ0) is 16.8. The summed E-state index contributed by atoms with van der Waals surface area (Å²) in [4.78, 5) is 15.5. The van der Waals surface area contributed by atoms with E-state index in [9.17, 15) is 14.3 Å². The number of hydrogen-bond donors (Lipinski definition) is 1. The standard InChI is InChI=1S/C17H16FN3O2/c1-17(2,3)14-9-15-19-12(16(22)23)8-13(21(15)20-14)10-4-6-11(18)7-5-10/h4-9H,1-3H3,(H,22,23). The third-order valence-electron chi connectivity index (χ3n) is 3.55. The fourth-order valence-corrected chi connectivity index (χ4v) is 2.28. The van der Waals surface area contributed by atoms with Crippen LogP contribution >= 0.6 is 0 Å². The zero-order valence-electron chi connectivity index (χ0n) is 13.0. The van der Waals surface area contributed by atoms with Crippen LogP contribution in [0.5, 0.6) is 0 Å². The number of aromatic carboxylic acids is 1. The van der Waals surface area contributed by atoms with Crippen LogP contribution in [0.25, 0.3) is 16.9 Å². The molecular weight excluding hydrogens is 297 g/mol. The lowest BCUT2D eigenvalue weighted by molar-refractivity contribution is 0.0690. The molecule has 0 radical (unpaired) electrons. The van der Waals surface area contributed by atoms with Crippen molar-refractivity contribution in [1.82, 2.24) is 14.6 Å². The van der Waals surface area contributed by atoms with E-state index in [1.54, 1.807) is 22.7 Å². The van der Waals surface area contributed by atoms with Crippen molar-refractivity contribution in [3.63, 3.8) is 0 Å². The lowest BCUT2D eigenvalue weighted by atomic mass is 9.93. The van der Waals surface area contributed by atoms with Gasteiger partial charge in [0.1, 0.15) is 5.82 Å². The molecule has 3 aromatic rings. The first-order valence-electron chi connectivity index (χ1n) is 7.16. The van der Waals surface area contributed by atoms with Gasteiger partial charge in [-0.3, -0.25) is 0 Å². The molecule has 118 valence electrons.